The van der Waals surface area contributed by atoms with Crippen LogP contribution in [0.25, 0.3) is 0 Å². The molecule has 2 N–H and O–H groups in total. The summed E-state index contributed by atoms with van der Waals surface area (Å²) in [5, 5.41) is 16.2. The minimum atomic E-state index is -0.214. The van der Waals surface area contributed by atoms with Crippen molar-refractivity contribution < 1.29 is 14.6 Å². The Hall–Kier alpha value is -2.34. The molecular weight excluding hydrogens is 318 g/mol. The summed E-state index contributed by atoms with van der Waals surface area (Å²) in [5.41, 5.74) is 2.12. The Bertz CT molecular complexity index is 740. The third kappa shape index (κ3) is 4.20. The summed E-state index contributed by atoms with van der Waals surface area (Å²) in [6, 6.07) is 8.97. The molecule has 0 saturated heterocycles. The van der Waals surface area contributed by atoms with Crippen molar-refractivity contribution in [1.29, 1.82) is 0 Å². The minimum absolute atomic E-state index is 0.0295. The maximum atomic E-state index is 12.6. The predicted molar refractivity (Wildman–Crippen MR) is 96.2 cm³/mol. The fraction of sp³-hybridized carbons (Fsp3) is 0.474. The normalized spacial score (nSPS) is 14.4. The summed E-state index contributed by atoms with van der Waals surface area (Å²) in [4.78, 5) is 12.6. The van der Waals surface area contributed by atoms with Crippen molar-refractivity contribution in [3.8, 4) is 5.75 Å². The zero-order chi connectivity index (χ0) is 18.0. The van der Waals surface area contributed by atoms with E-state index in [2.05, 4.69) is 31.2 Å². The Morgan fingerprint density at radius 3 is 2.56 bits per heavy atom. The van der Waals surface area contributed by atoms with Gasteiger partial charge in [0.2, 0.25) is 0 Å². The highest BCUT2D eigenvalue weighted by atomic mass is 16.5. The second-order valence-electron chi connectivity index (χ2n) is 7.36. The Balaban J connectivity index is 1.73. The molecule has 6 nitrogen and oxygen atoms in total. The van der Waals surface area contributed by atoms with Crippen LogP contribution in [0, 0.1) is 0 Å². The van der Waals surface area contributed by atoms with Gasteiger partial charge in [0.1, 0.15) is 12.4 Å². The van der Waals surface area contributed by atoms with E-state index in [0.717, 1.165) is 18.5 Å². The van der Waals surface area contributed by atoms with E-state index in [-0.39, 0.29) is 24.7 Å². The zero-order valence-corrected chi connectivity index (χ0v) is 15.0. The first-order valence-corrected chi connectivity index (χ1v) is 8.64. The Kier molecular flexibility index (Phi) is 4.81. The van der Waals surface area contributed by atoms with Gasteiger partial charge in [0.05, 0.1) is 12.1 Å². The third-order valence-corrected chi connectivity index (χ3v) is 4.07. The maximum absolute atomic E-state index is 12.6. The van der Waals surface area contributed by atoms with Crippen LogP contribution in [-0.2, 0) is 5.54 Å². The number of anilines is 1. The molecule has 1 aliphatic carbocycles. The number of rotatable bonds is 6. The lowest BCUT2D eigenvalue weighted by Gasteiger charge is -2.22. The van der Waals surface area contributed by atoms with Crippen molar-refractivity contribution in [2.24, 2.45) is 0 Å². The van der Waals surface area contributed by atoms with Crippen molar-refractivity contribution in [3.05, 3.63) is 41.7 Å². The monoisotopic (exact) mass is 343 g/mol. The summed E-state index contributed by atoms with van der Waals surface area (Å²) < 4.78 is 7.29. The largest absolute Gasteiger partial charge is 0.491 e. The number of hydrogen-bond acceptors (Lipinski definition) is 4. The topological polar surface area (TPSA) is 76.4 Å². The van der Waals surface area contributed by atoms with Crippen LogP contribution in [0.5, 0.6) is 5.75 Å². The van der Waals surface area contributed by atoms with E-state index in [1.807, 2.05) is 10.7 Å². The van der Waals surface area contributed by atoms with Crippen LogP contribution in [0.4, 0.5) is 5.69 Å². The molecule has 3 rings (SSSR count). The molecule has 0 atom stereocenters. The van der Waals surface area contributed by atoms with Crippen LogP contribution < -0.4 is 10.1 Å². The summed E-state index contributed by atoms with van der Waals surface area (Å²) in [6.45, 7) is 6.51. The van der Waals surface area contributed by atoms with Crippen LogP contribution in [0.1, 0.15) is 55.7 Å². The highest BCUT2D eigenvalue weighted by molar-refractivity contribution is 6.03. The summed E-state index contributed by atoms with van der Waals surface area (Å²) in [6.07, 6.45) is 2.33. The molecule has 0 aliphatic heterocycles. The standard InChI is InChI=1S/C19H25N3O3/c1-19(2,3)22-17(13-4-5-13)12-16(21-22)18(24)20-14-6-8-15(9-7-14)25-11-10-23/h6-9,12-13,23H,4-5,10-11H2,1-3H3,(H,20,24). The first kappa shape index (κ1) is 17.5. The van der Waals surface area contributed by atoms with Gasteiger partial charge in [0, 0.05) is 17.3 Å². The average Bonchev–Trinajstić information content (AvgIpc) is 3.31. The quantitative estimate of drug-likeness (QED) is 0.845. The van der Waals surface area contributed by atoms with Gasteiger partial charge in [-0.1, -0.05) is 0 Å². The van der Waals surface area contributed by atoms with Crippen molar-refractivity contribution in [2.45, 2.75) is 45.1 Å². The van der Waals surface area contributed by atoms with E-state index in [1.165, 1.54) is 0 Å². The molecule has 0 bridgehead atoms. The molecule has 2 aromatic rings. The molecular formula is C19H25N3O3. The number of benzene rings is 1. The summed E-state index contributed by atoms with van der Waals surface area (Å²) in [7, 11) is 0. The van der Waals surface area contributed by atoms with E-state index in [1.54, 1.807) is 24.3 Å². The molecule has 0 unspecified atom stereocenters. The number of hydrogen-bond donors (Lipinski definition) is 2. The molecule has 0 spiro atoms. The molecule has 0 radical (unpaired) electrons. The molecule has 6 heteroatoms. The number of carbonyl (C=O) groups is 1. The number of nitrogens with zero attached hydrogens (tertiary/aromatic N) is 2. The number of aromatic nitrogens is 2. The molecule has 1 aliphatic rings. The smallest absolute Gasteiger partial charge is 0.276 e. The molecule has 1 amide bonds. The molecule has 1 saturated carbocycles. The number of amides is 1. The number of nitrogens with one attached hydrogen (secondary N) is 1. The first-order chi connectivity index (χ1) is 11.9. The number of aliphatic hydroxyl groups excluding tert-OH is 1. The van der Waals surface area contributed by atoms with Crippen LogP contribution in [0.2, 0.25) is 0 Å². The Morgan fingerprint density at radius 1 is 1.32 bits per heavy atom. The van der Waals surface area contributed by atoms with Crippen LogP contribution in [0.3, 0.4) is 0 Å². The van der Waals surface area contributed by atoms with Crippen LogP contribution in [0.15, 0.2) is 30.3 Å². The van der Waals surface area contributed by atoms with Crippen molar-refractivity contribution in [3.63, 3.8) is 0 Å². The van der Waals surface area contributed by atoms with Gasteiger partial charge in [-0.15, -0.1) is 0 Å². The highest BCUT2D eigenvalue weighted by Gasteiger charge is 2.32. The lowest BCUT2D eigenvalue weighted by Crippen LogP contribution is -2.25. The van der Waals surface area contributed by atoms with Crippen molar-refractivity contribution in [1.82, 2.24) is 9.78 Å². The van der Waals surface area contributed by atoms with Gasteiger partial charge < -0.3 is 15.2 Å². The maximum Gasteiger partial charge on any atom is 0.276 e. The summed E-state index contributed by atoms with van der Waals surface area (Å²) in [5.74, 6) is 0.963. The van der Waals surface area contributed by atoms with Crippen LogP contribution >= 0.6 is 0 Å². The minimum Gasteiger partial charge on any atom is -0.491 e. The van der Waals surface area contributed by atoms with E-state index in [0.29, 0.717) is 23.0 Å². The highest BCUT2D eigenvalue weighted by Crippen LogP contribution is 2.41. The number of ether oxygens (including phenoxy) is 1. The van der Waals surface area contributed by atoms with E-state index < -0.39 is 0 Å². The van der Waals surface area contributed by atoms with Crippen LogP contribution in [-0.4, -0.2) is 34.0 Å². The average molecular weight is 343 g/mol. The number of aliphatic hydroxyl groups is 1. The Morgan fingerprint density at radius 2 is 2.00 bits per heavy atom. The van der Waals surface area contributed by atoms with Gasteiger partial charge in [-0.05, 0) is 63.9 Å². The van der Waals surface area contributed by atoms with Gasteiger partial charge in [-0.25, -0.2) is 0 Å². The van der Waals surface area contributed by atoms with E-state index in [4.69, 9.17) is 9.84 Å². The van der Waals surface area contributed by atoms with Gasteiger partial charge >= 0.3 is 0 Å². The van der Waals surface area contributed by atoms with Gasteiger partial charge in [0.25, 0.3) is 5.91 Å². The zero-order valence-electron chi connectivity index (χ0n) is 15.0. The van der Waals surface area contributed by atoms with Gasteiger partial charge in [-0.2, -0.15) is 5.10 Å². The molecule has 1 fully saturated rings. The fourth-order valence-corrected chi connectivity index (χ4v) is 2.71. The second kappa shape index (κ2) is 6.88. The molecule has 1 aromatic carbocycles. The lowest BCUT2D eigenvalue weighted by atomic mass is 10.1. The molecule has 1 aromatic heterocycles. The third-order valence-electron chi connectivity index (χ3n) is 4.07. The molecule has 25 heavy (non-hydrogen) atoms. The fourth-order valence-electron chi connectivity index (χ4n) is 2.71. The number of carbonyl (C=O) groups excluding carboxylic acids is 1. The van der Waals surface area contributed by atoms with E-state index in [9.17, 15) is 4.79 Å². The van der Waals surface area contributed by atoms with Crippen molar-refractivity contribution in [2.75, 3.05) is 18.5 Å². The van der Waals surface area contributed by atoms with Crippen molar-refractivity contribution >= 4 is 11.6 Å². The Labute approximate surface area is 147 Å². The predicted octanol–water partition coefficient (Wildman–Crippen LogP) is 3.14. The van der Waals surface area contributed by atoms with E-state index >= 15 is 0 Å². The first-order valence-electron chi connectivity index (χ1n) is 8.64. The summed E-state index contributed by atoms with van der Waals surface area (Å²) >= 11 is 0. The molecule has 134 valence electrons. The van der Waals surface area contributed by atoms with Gasteiger partial charge in [0.15, 0.2) is 5.69 Å². The molecule has 1 heterocycles. The van der Waals surface area contributed by atoms with Gasteiger partial charge in [-0.3, -0.25) is 9.48 Å². The lowest BCUT2D eigenvalue weighted by molar-refractivity contribution is 0.102. The SMILES string of the molecule is CC(C)(C)n1nc(C(=O)Nc2ccc(OCCO)cc2)cc1C1CC1. The second-order valence-corrected chi connectivity index (χ2v) is 7.36.